The maximum Gasteiger partial charge on any atom is 0.141 e. The summed E-state index contributed by atoms with van der Waals surface area (Å²) in [7, 11) is 1.40. The molecule has 0 saturated heterocycles. The quantitative estimate of drug-likeness (QED) is 0.529. The molecule has 0 radical (unpaired) electrons. The van der Waals surface area contributed by atoms with Crippen LogP contribution in [0, 0.1) is 11.2 Å². The summed E-state index contributed by atoms with van der Waals surface area (Å²) in [5.74, 6) is 3.92. The van der Waals surface area contributed by atoms with Gasteiger partial charge in [0.25, 0.3) is 0 Å². The van der Waals surface area contributed by atoms with Crippen LogP contribution in [-0.4, -0.2) is 19.6 Å². The van der Waals surface area contributed by atoms with Gasteiger partial charge in [0.1, 0.15) is 5.82 Å². The molecule has 23 heavy (non-hydrogen) atoms. The van der Waals surface area contributed by atoms with Gasteiger partial charge in [0, 0.05) is 6.21 Å². The molecule has 0 spiro atoms. The van der Waals surface area contributed by atoms with Crippen LogP contribution in [0.1, 0.15) is 26.3 Å². The lowest BCUT2D eigenvalue weighted by Gasteiger charge is -1.94. The topological polar surface area (TPSA) is 85.1 Å². The predicted octanol–water partition coefficient (Wildman–Crippen LogP) is 4.84. The molecule has 0 bridgehead atoms. The molecule has 5 N–H and O–H groups in total. The summed E-state index contributed by atoms with van der Waals surface area (Å²) in [5.41, 5.74) is 6.08. The minimum Gasteiger partial charge on any atom is -0.394 e. The molecule has 0 aliphatic rings. The fourth-order valence-electron chi connectivity index (χ4n) is 0.893. The average molecular weight is 364 g/mol. The van der Waals surface area contributed by atoms with Crippen molar-refractivity contribution in [1.29, 1.82) is 5.41 Å². The highest BCUT2D eigenvalue weighted by Gasteiger charge is 1.97. The summed E-state index contributed by atoms with van der Waals surface area (Å²) in [6.45, 7) is 5.92. The van der Waals surface area contributed by atoms with E-state index in [0.29, 0.717) is 0 Å². The van der Waals surface area contributed by atoms with Crippen LogP contribution < -0.4 is 11.6 Å². The van der Waals surface area contributed by atoms with Crippen LogP contribution in [0.2, 0.25) is 5.02 Å². The van der Waals surface area contributed by atoms with Crippen molar-refractivity contribution in [2.75, 3.05) is 13.4 Å². The number of hydrogen-bond donors (Lipinski definition) is 3. The van der Waals surface area contributed by atoms with Gasteiger partial charge in [-0.1, -0.05) is 43.7 Å². The van der Waals surface area contributed by atoms with E-state index >= 15 is 0 Å². The Bertz CT molecular complexity index is 469. The summed E-state index contributed by atoms with van der Waals surface area (Å²) < 4.78 is 12.6. The molecule has 0 saturated carbocycles. The van der Waals surface area contributed by atoms with Gasteiger partial charge in [-0.3, -0.25) is 0 Å². The third-order valence-electron chi connectivity index (χ3n) is 1.85. The Morgan fingerprint density at radius 1 is 1.39 bits per heavy atom. The first-order valence-electron chi connectivity index (χ1n) is 6.77. The van der Waals surface area contributed by atoms with E-state index in [9.17, 15) is 4.39 Å². The zero-order valence-electron chi connectivity index (χ0n) is 14.3. The van der Waals surface area contributed by atoms with Gasteiger partial charge in [0.05, 0.1) is 17.2 Å². The Morgan fingerprint density at radius 3 is 2.22 bits per heavy atom. The molecule has 1 aromatic carbocycles. The molecule has 0 unspecified atom stereocenters. The van der Waals surface area contributed by atoms with Crippen molar-refractivity contribution in [2.24, 2.45) is 11.6 Å². The Morgan fingerprint density at radius 2 is 1.91 bits per heavy atom. The molecule has 0 atom stereocenters. The zero-order valence-corrected chi connectivity index (χ0v) is 15.8. The number of thioether (sulfide) groups is 1. The van der Waals surface area contributed by atoms with Gasteiger partial charge in [0.2, 0.25) is 0 Å². The average Bonchev–Trinajstić information content (AvgIpc) is 2.58. The van der Waals surface area contributed by atoms with E-state index in [0.717, 1.165) is 16.8 Å². The van der Waals surface area contributed by atoms with Crippen molar-refractivity contribution in [2.45, 2.75) is 20.8 Å². The normalized spacial score (nSPS) is 9.65. The molecule has 0 aliphatic heterocycles. The number of rotatable bonds is 3. The minimum atomic E-state index is -0.427. The highest BCUT2D eigenvalue weighted by atomic mass is 35.5. The van der Waals surface area contributed by atoms with Crippen molar-refractivity contribution in [1.82, 2.24) is 0 Å². The lowest BCUT2D eigenvalue weighted by molar-refractivity contribution is 0.206. The molecular weight excluding hydrogens is 337 g/mol. The molecule has 0 fully saturated rings. The SMILES string of the molecule is C/C=C(/N)SC.CC.CON.N=C/C=C/c1ccc(F)c(Cl)c1. The van der Waals surface area contributed by atoms with Crippen molar-refractivity contribution >= 4 is 35.7 Å². The molecule has 132 valence electrons. The minimum absolute atomic E-state index is 0.0992. The summed E-state index contributed by atoms with van der Waals surface area (Å²) in [6.07, 6.45) is 8.21. The second kappa shape index (κ2) is 20.7. The molecule has 0 amide bonds. The van der Waals surface area contributed by atoms with Crippen LogP contribution in [0.3, 0.4) is 0 Å². The molecule has 0 aromatic heterocycles. The number of halogens is 2. The number of nitrogens with one attached hydrogen (secondary N) is 1. The maximum absolute atomic E-state index is 12.6. The Labute approximate surface area is 148 Å². The third kappa shape index (κ3) is 18.6. The van der Waals surface area contributed by atoms with Crippen molar-refractivity contribution in [3.05, 3.63) is 51.8 Å². The fourth-order valence-corrected chi connectivity index (χ4v) is 1.32. The molecule has 7 heteroatoms. The van der Waals surface area contributed by atoms with Gasteiger partial charge >= 0.3 is 0 Å². The van der Waals surface area contributed by atoms with Gasteiger partial charge < -0.3 is 16.0 Å². The smallest absolute Gasteiger partial charge is 0.141 e. The summed E-state index contributed by atoms with van der Waals surface area (Å²) in [6, 6.07) is 4.41. The standard InChI is InChI=1S/C9H7ClFN.C4H9NS.C2H6.CH5NO/c10-8-6-7(2-1-5-12)3-4-9(8)11;1-3-4(5)6-2;1-2;1-3-2/h1-6,12H;3H,5H2,1-2H3;1-2H3;2H2,1H3/b2-1+,12-5?;4-3-;;. The first kappa shape index (κ1) is 26.6. The molecule has 1 rings (SSSR count). The Balaban J connectivity index is -0.000000307. The summed E-state index contributed by atoms with van der Waals surface area (Å²) >= 11 is 7.09. The van der Waals surface area contributed by atoms with E-state index in [4.69, 9.17) is 22.7 Å². The van der Waals surface area contributed by atoms with E-state index in [2.05, 4.69) is 10.7 Å². The third-order valence-corrected chi connectivity index (χ3v) is 2.85. The largest absolute Gasteiger partial charge is 0.394 e. The molecule has 0 aliphatic carbocycles. The van der Waals surface area contributed by atoms with Crippen molar-refractivity contribution in [3.63, 3.8) is 0 Å². The van der Waals surface area contributed by atoms with E-state index < -0.39 is 5.82 Å². The molecule has 0 heterocycles. The van der Waals surface area contributed by atoms with Crippen LogP contribution in [0.25, 0.3) is 6.08 Å². The van der Waals surface area contributed by atoms with Crippen LogP contribution in [0.5, 0.6) is 0 Å². The highest BCUT2D eigenvalue weighted by Crippen LogP contribution is 2.16. The van der Waals surface area contributed by atoms with E-state index in [1.165, 1.54) is 19.2 Å². The second-order valence-corrected chi connectivity index (χ2v) is 4.62. The number of hydrogen-bond acceptors (Lipinski definition) is 5. The van der Waals surface area contributed by atoms with Crippen LogP contribution in [-0.2, 0) is 4.84 Å². The van der Waals surface area contributed by atoms with Crippen molar-refractivity contribution in [3.8, 4) is 0 Å². The molecule has 1 aromatic rings. The first-order valence-corrected chi connectivity index (χ1v) is 8.37. The van der Waals surface area contributed by atoms with Gasteiger partial charge in [-0.05, 0) is 37.0 Å². The number of nitrogens with two attached hydrogens (primary N) is 2. The van der Waals surface area contributed by atoms with E-state index in [1.807, 2.05) is 33.1 Å². The fraction of sp³-hybridized carbons (Fsp3) is 0.312. The summed E-state index contributed by atoms with van der Waals surface area (Å²) in [5, 5.41) is 7.71. The van der Waals surface area contributed by atoms with Gasteiger partial charge in [-0.25, -0.2) is 10.3 Å². The van der Waals surface area contributed by atoms with Crippen LogP contribution in [0.4, 0.5) is 4.39 Å². The van der Waals surface area contributed by atoms with Gasteiger partial charge in [0.15, 0.2) is 0 Å². The number of allylic oxidation sites excluding steroid dienone is 2. The first-order chi connectivity index (χ1) is 11.0. The Kier molecular flexibility index (Phi) is 23.9. The van der Waals surface area contributed by atoms with Gasteiger partial charge in [-0.2, -0.15) is 0 Å². The maximum atomic E-state index is 12.6. The van der Waals surface area contributed by atoms with Crippen molar-refractivity contribution < 1.29 is 9.23 Å². The van der Waals surface area contributed by atoms with E-state index in [1.54, 1.807) is 30.0 Å². The Hall–Kier alpha value is -1.34. The predicted molar refractivity (Wildman–Crippen MR) is 103 cm³/mol. The molecular formula is C16H27ClFN3OS. The lowest BCUT2D eigenvalue weighted by Crippen LogP contribution is -1.87. The highest BCUT2D eigenvalue weighted by molar-refractivity contribution is 8.02. The summed E-state index contributed by atoms with van der Waals surface area (Å²) in [4.78, 5) is 3.75. The second-order valence-electron chi connectivity index (χ2n) is 3.33. The van der Waals surface area contributed by atoms with E-state index in [-0.39, 0.29) is 5.02 Å². The number of benzene rings is 1. The van der Waals surface area contributed by atoms with Crippen LogP contribution >= 0.6 is 23.4 Å². The molecule has 4 nitrogen and oxygen atoms in total. The van der Waals surface area contributed by atoms with Crippen LogP contribution in [0.15, 0.2) is 35.4 Å². The monoisotopic (exact) mass is 363 g/mol. The zero-order chi connectivity index (χ0) is 18.7. The van der Waals surface area contributed by atoms with Gasteiger partial charge in [-0.15, -0.1) is 11.8 Å². The lowest BCUT2D eigenvalue weighted by atomic mass is 10.2.